The molecule has 0 aromatic heterocycles. The van der Waals surface area contributed by atoms with E-state index in [1.54, 1.807) is 0 Å². The van der Waals surface area contributed by atoms with Gasteiger partial charge in [-0.3, -0.25) is 0 Å². The summed E-state index contributed by atoms with van der Waals surface area (Å²) < 4.78 is 129. The minimum absolute atomic E-state index is 0.0204. The molecule has 1 unspecified atom stereocenters. The summed E-state index contributed by atoms with van der Waals surface area (Å²) in [5, 5.41) is 2.32. The first-order chi connectivity index (χ1) is 16.4. The summed E-state index contributed by atoms with van der Waals surface area (Å²) in [4.78, 5) is 0. The van der Waals surface area contributed by atoms with E-state index in [-0.39, 0.29) is 23.8 Å². The lowest BCUT2D eigenvalue weighted by molar-refractivity contribution is 0.173. The maximum absolute atomic E-state index is 14.2. The largest absolute Gasteiger partial charge is 0.493 e. The fourth-order valence-electron chi connectivity index (χ4n) is 2.26. The van der Waals surface area contributed by atoms with Crippen molar-refractivity contribution >= 4 is 0 Å². The van der Waals surface area contributed by atoms with Crippen molar-refractivity contribution in [3.8, 4) is 17.2 Å². The Balaban J connectivity index is 1.87. The monoisotopic (exact) mass is 341 g/mol. The van der Waals surface area contributed by atoms with E-state index in [1.165, 1.54) is 6.07 Å². The van der Waals surface area contributed by atoms with E-state index in [0.717, 1.165) is 12.1 Å². The first-order valence-corrected chi connectivity index (χ1v) is 7.11. The summed E-state index contributed by atoms with van der Waals surface area (Å²) in [5.74, 6) is -8.11. The molecule has 0 spiro atoms. The van der Waals surface area contributed by atoms with Crippen molar-refractivity contribution in [2.24, 2.45) is 5.89 Å². The maximum Gasteiger partial charge on any atom is 0.231 e. The highest BCUT2D eigenvalue weighted by molar-refractivity contribution is 5.46. The molecule has 2 aliphatic rings. The van der Waals surface area contributed by atoms with Gasteiger partial charge in [-0.2, -0.15) is 0 Å². The number of halogens is 1. The lowest BCUT2D eigenvalue weighted by Crippen LogP contribution is -2.38. The molecule has 126 valence electrons. The van der Waals surface area contributed by atoms with Gasteiger partial charge in [-0.15, -0.1) is 0 Å². The Hall–Kier alpha value is -2.27. The van der Waals surface area contributed by atoms with E-state index in [4.69, 9.17) is 30.7 Å². The summed E-state index contributed by atoms with van der Waals surface area (Å²) >= 11 is 0. The smallest absolute Gasteiger partial charge is 0.231 e. The third-order valence-electron chi connectivity index (χ3n) is 3.40. The highest BCUT2D eigenvalue weighted by Gasteiger charge is 2.27. The van der Waals surface area contributed by atoms with Gasteiger partial charge in [0, 0.05) is 23.9 Å². The summed E-state index contributed by atoms with van der Waals surface area (Å²) in [7, 11) is 0. The quantitative estimate of drug-likeness (QED) is 0.926. The molecule has 0 radical (unpaired) electrons. The molecule has 5 heteroatoms. The number of hydrogen-bond donors (Lipinski definition) is 1. The van der Waals surface area contributed by atoms with E-state index < -0.39 is 73.6 Å². The second-order valence-electron chi connectivity index (χ2n) is 4.94. The second kappa shape index (κ2) is 6.69. The van der Waals surface area contributed by atoms with Crippen LogP contribution in [0.25, 0.3) is 0 Å². The van der Waals surface area contributed by atoms with Crippen molar-refractivity contribution in [3.05, 3.63) is 53.7 Å². The molecular formula is C19H20FNO3. The number of hydrogen-bond acceptors (Lipinski definition) is 4. The van der Waals surface area contributed by atoms with E-state index in [0.29, 0.717) is 0 Å². The molecule has 0 aliphatic carbocycles. The number of benzene rings is 2. The third-order valence-corrected chi connectivity index (χ3v) is 3.40. The Bertz CT molecular complexity index is 1220. The molecular weight excluding hydrogens is 309 g/mol. The van der Waals surface area contributed by atoms with Gasteiger partial charge in [0.1, 0.15) is 14.3 Å². The van der Waals surface area contributed by atoms with Crippen LogP contribution in [0.3, 0.4) is 0 Å². The van der Waals surface area contributed by atoms with Crippen molar-refractivity contribution in [2.45, 2.75) is 12.3 Å². The van der Waals surface area contributed by atoms with Crippen molar-refractivity contribution in [1.82, 2.24) is 5.32 Å². The molecule has 4 rings (SSSR count). The van der Waals surface area contributed by atoms with Crippen molar-refractivity contribution in [2.75, 3.05) is 26.3 Å². The van der Waals surface area contributed by atoms with Gasteiger partial charge in [0.2, 0.25) is 6.75 Å². The van der Waals surface area contributed by atoms with Gasteiger partial charge in [-0.25, -0.2) is 4.39 Å². The first-order valence-electron chi connectivity index (χ1n) is 13.1. The van der Waals surface area contributed by atoms with Gasteiger partial charge >= 0.3 is 0 Å². The number of rotatable bonds is 4. The Labute approximate surface area is 157 Å². The number of ether oxygens (including phenoxy) is 3. The molecule has 4 nitrogen and oxygen atoms in total. The van der Waals surface area contributed by atoms with Gasteiger partial charge in [-0.05, 0) is 48.6 Å². The maximum atomic E-state index is 14.2. The molecule has 0 bridgehead atoms. The van der Waals surface area contributed by atoms with Gasteiger partial charge in [0.15, 0.2) is 11.5 Å². The predicted octanol–water partition coefficient (Wildman–Crippen LogP) is 3.33. The van der Waals surface area contributed by atoms with Crippen LogP contribution in [0.15, 0.2) is 42.4 Å². The van der Waals surface area contributed by atoms with Gasteiger partial charge in [-0.1, -0.05) is 12.1 Å². The zero-order chi connectivity index (χ0) is 27.1. The van der Waals surface area contributed by atoms with Crippen LogP contribution >= 0.6 is 0 Å². The summed E-state index contributed by atoms with van der Waals surface area (Å²) in [6, 6.07) is -0.928. The molecule has 2 atom stereocenters. The van der Waals surface area contributed by atoms with Gasteiger partial charge in [0.05, 0.1) is 14.8 Å². The SMILES string of the molecule is [2H]c1c([2H])c(C2([2H])CCNC([2H])([2H])[C@]2([2H])C([2H])([2H])Oc2ccc3c(c2)OC([2H])([2H])O3)c([2H])c([2H])c1F. The number of piperidine rings is 1. The average Bonchev–Trinajstić information content (AvgIpc) is 3.07. The lowest BCUT2D eigenvalue weighted by Gasteiger charge is -2.32. The van der Waals surface area contributed by atoms with Crippen LogP contribution in [0.4, 0.5) is 4.39 Å². The molecule has 0 amide bonds. The highest BCUT2D eigenvalue weighted by Crippen LogP contribution is 2.36. The van der Waals surface area contributed by atoms with Crippen LogP contribution in [-0.4, -0.2) is 26.3 Å². The highest BCUT2D eigenvalue weighted by atomic mass is 19.1. The van der Waals surface area contributed by atoms with Gasteiger partial charge < -0.3 is 19.5 Å². The normalized spacial score (nSPS) is 40.5. The fraction of sp³-hybridized carbons (Fsp3) is 0.368. The molecule has 1 saturated heterocycles. The van der Waals surface area contributed by atoms with E-state index in [1.807, 2.05) is 0 Å². The molecule has 2 aliphatic heterocycles. The fourth-order valence-corrected chi connectivity index (χ4v) is 2.26. The zero-order valence-electron chi connectivity index (χ0n) is 24.2. The Morgan fingerprint density at radius 2 is 2.17 bits per heavy atom. The van der Waals surface area contributed by atoms with Crippen LogP contribution in [0.1, 0.15) is 34.3 Å². The third kappa shape index (κ3) is 3.17. The Morgan fingerprint density at radius 1 is 1.33 bits per heavy atom. The van der Waals surface area contributed by atoms with Crippen LogP contribution < -0.4 is 19.5 Å². The minimum atomic E-state index is -3.39. The van der Waals surface area contributed by atoms with Crippen LogP contribution in [0.2, 0.25) is 0 Å². The lowest BCUT2D eigenvalue weighted by atomic mass is 9.81. The molecule has 2 aromatic rings. The molecule has 2 heterocycles. The predicted molar refractivity (Wildman–Crippen MR) is 88.2 cm³/mol. The van der Waals surface area contributed by atoms with Crippen LogP contribution in [0.5, 0.6) is 17.2 Å². The second-order valence-corrected chi connectivity index (χ2v) is 4.94. The van der Waals surface area contributed by atoms with Crippen molar-refractivity contribution in [1.29, 1.82) is 0 Å². The summed E-state index contributed by atoms with van der Waals surface area (Å²) in [5.41, 5.74) is -0.842. The Morgan fingerprint density at radius 3 is 3.04 bits per heavy atom. The molecule has 24 heavy (non-hydrogen) atoms. The van der Waals surface area contributed by atoms with Crippen LogP contribution in [0, 0.1) is 11.7 Å². The average molecular weight is 341 g/mol. The molecule has 0 saturated carbocycles. The van der Waals surface area contributed by atoms with E-state index in [9.17, 15) is 4.39 Å². The molecule has 2 aromatic carbocycles. The Kier molecular flexibility index (Phi) is 1.93. The topological polar surface area (TPSA) is 39.7 Å². The van der Waals surface area contributed by atoms with Crippen molar-refractivity contribution in [3.63, 3.8) is 0 Å². The molecule has 1 N–H and O–H groups in total. The van der Waals surface area contributed by atoms with E-state index in [2.05, 4.69) is 5.32 Å². The number of nitrogens with one attached hydrogen (secondary N) is 1. The summed E-state index contributed by atoms with van der Waals surface area (Å²) in [6.07, 6.45) is -0.539. The number of fused-ring (bicyclic) bond motifs is 1. The van der Waals surface area contributed by atoms with Gasteiger partial charge in [0.25, 0.3) is 0 Å². The van der Waals surface area contributed by atoms with Crippen molar-refractivity contribution < 1.29 is 35.1 Å². The standard InChI is InChI=1S/C19H20FNO3/c20-15-3-1-13(2-4-15)17-7-8-21-10-14(17)11-22-16-5-6-18-19(9-16)24-12-23-18/h1-6,9,14,17,21H,7-8,10-12H2/t14-,17?/m1/s1/i1D,2D,3D,4D,10D2,11D2,12D2,14D,17D. The van der Waals surface area contributed by atoms with Crippen LogP contribution in [-0.2, 0) is 0 Å². The zero-order valence-corrected chi connectivity index (χ0v) is 12.2. The molecule has 1 fully saturated rings. The van der Waals surface area contributed by atoms with E-state index >= 15 is 0 Å². The first kappa shape index (κ1) is 6.92. The minimum Gasteiger partial charge on any atom is -0.493 e. The summed E-state index contributed by atoms with van der Waals surface area (Å²) in [6.45, 7) is -9.21.